The average Bonchev–Trinajstić information content (AvgIpc) is 2.38. The summed E-state index contributed by atoms with van der Waals surface area (Å²) in [5.74, 6) is 0.0367. The van der Waals surface area contributed by atoms with Gasteiger partial charge in [-0.3, -0.25) is 4.79 Å². The first-order chi connectivity index (χ1) is 8.66. The number of aryl methyl sites for hydroxylation is 1. The predicted molar refractivity (Wildman–Crippen MR) is 83.7 cm³/mol. The molecule has 2 aromatic carbocycles. The Balaban J connectivity index is 2.17. The predicted octanol–water partition coefficient (Wildman–Crippen LogP) is 4.50. The quantitative estimate of drug-likeness (QED) is 0.454. The number of halogens is 1. The summed E-state index contributed by atoms with van der Waals surface area (Å²) in [5.41, 5.74) is 2.97. The molecule has 0 aliphatic heterocycles. The molecule has 0 bridgehead atoms. The van der Waals surface area contributed by atoms with Crippen LogP contribution in [0.2, 0.25) is 0 Å². The molecule has 1 nitrogen and oxygen atoms in total. The lowest BCUT2D eigenvalue weighted by Crippen LogP contribution is -1.93. The van der Waals surface area contributed by atoms with Crippen LogP contribution in [-0.2, 0) is 0 Å². The van der Waals surface area contributed by atoms with Crippen LogP contribution in [0.5, 0.6) is 0 Å². The number of rotatable bonds is 3. The average molecular weight is 348 g/mol. The molecule has 18 heavy (non-hydrogen) atoms. The monoisotopic (exact) mass is 348 g/mol. The van der Waals surface area contributed by atoms with Crippen LogP contribution in [-0.4, -0.2) is 5.78 Å². The van der Waals surface area contributed by atoms with E-state index in [9.17, 15) is 4.79 Å². The first kappa shape index (κ1) is 13.0. The largest absolute Gasteiger partial charge is 0.289 e. The van der Waals surface area contributed by atoms with Gasteiger partial charge >= 0.3 is 0 Å². The van der Waals surface area contributed by atoms with E-state index in [2.05, 4.69) is 22.6 Å². The lowest BCUT2D eigenvalue weighted by atomic mass is 10.1. The molecule has 0 radical (unpaired) electrons. The molecule has 0 spiro atoms. The highest BCUT2D eigenvalue weighted by atomic mass is 127. The Labute approximate surface area is 121 Å². The number of carbonyl (C=O) groups is 1. The summed E-state index contributed by atoms with van der Waals surface area (Å²) in [5, 5.41) is 0. The minimum absolute atomic E-state index is 0.0367. The Hall–Kier alpha value is -1.42. The van der Waals surface area contributed by atoms with Crippen LogP contribution in [0.1, 0.15) is 21.5 Å². The normalized spacial score (nSPS) is 10.8. The molecule has 0 saturated heterocycles. The maximum Gasteiger partial charge on any atom is 0.185 e. The lowest BCUT2D eigenvalue weighted by Gasteiger charge is -1.99. The molecule has 90 valence electrons. The van der Waals surface area contributed by atoms with Gasteiger partial charge in [0.15, 0.2) is 5.78 Å². The zero-order valence-electron chi connectivity index (χ0n) is 10.1. The van der Waals surface area contributed by atoms with Gasteiger partial charge in [-0.1, -0.05) is 42.5 Å². The van der Waals surface area contributed by atoms with E-state index >= 15 is 0 Å². The summed E-state index contributed by atoms with van der Waals surface area (Å²) >= 11 is 2.23. The second-order valence-electron chi connectivity index (χ2n) is 4.06. The number of allylic oxidation sites excluding steroid dienone is 1. The molecule has 2 aromatic rings. The van der Waals surface area contributed by atoms with Crippen molar-refractivity contribution in [3.8, 4) is 0 Å². The van der Waals surface area contributed by atoms with Gasteiger partial charge in [0.05, 0.1) is 0 Å². The summed E-state index contributed by atoms with van der Waals surface area (Å²) < 4.78 is 1.13. The molecule has 2 heteroatoms. The molecule has 0 aliphatic carbocycles. The second-order valence-corrected chi connectivity index (χ2v) is 5.31. The van der Waals surface area contributed by atoms with Crippen molar-refractivity contribution in [1.82, 2.24) is 0 Å². The van der Waals surface area contributed by atoms with Gasteiger partial charge in [0, 0.05) is 9.13 Å². The Morgan fingerprint density at radius 1 is 1.06 bits per heavy atom. The number of hydrogen-bond acceptors (Lipinski definition) is 1. The van der Waals surface area contributed by atoms with E-state index in [0.717, 1.165) is 14.7 Å². The van der Waals surface area contributed by atoms with Crippen molar-refractivity contribution in [2.75, 3.05) is 0 Å². The van der Waals surface area contributed by atoms with Crippen LogP contribution in [0.4, 0.5) is 0 Å². The maximum absolute atomic E-state index is 12.0. The molecule has 0 aliphatic rings. The minimum atomic E-state index is 0.0367. The third-order valence-electron chi connectivity index (χ3n) is 2.73. The second kappa shape index (κ2) is 5.96. The molecule has 2 rings (SSSR count). The van der Waals surface area contributed by atoms with Gasteiger partial charge in [0.1, 0.15) is 0 Å². The summed E-state index contributed by atoms with van der Waals surface area (Å²) in [6.07, 6.45) is 3.50. The van der Waals surface area contributed by atoms with Crippen LogP contribution < -0.4 is 0 Å². The van der Waals surface area contributed by atoms with E-state index in [1.807, 2.05) is 61.5 Å². The Morgan fingerprint density at radius 2 is 1.72 bits per heavy atom. The molecular formula is C16H13IO. The minimum Gasteiger partial charge on any atom is -0.289 e. The Kier molecular flexibility index (Phi) is 4.31. The van der Waals surface area contributed by atoms with Crippen molar-refractivity contribution in [2.24, 2.45) is 0 Å². The summed E-state index contributed by atoms with van der Waals surface area (Å²) in [6, 6.07) is 15.6. The fourth-order valence-corrected chi connectivity index (χ4v) is 2.01. The van der Waals surface area contributed by atoms with Crippen molar-refractivity contribution in [3.63, 3.8) is 0 Å². The van der Waals surface area contributed by atoms with E-state index in [-0.39, 0.29) is 5.78 Å². The van der Waals surface area contributed by atoms with Gasteiger partial charge in [-0.15, -0.1) is 0 Å². The van der Waals surface area contributed by atoms with Crippen LogP contribution in [0.15, 0.2) is 54.6 Å². The molecule has 0 atom stereocenters. The van der Waals surface area contributed by atoms with E-state index < -0.39 is 0 Å². The summed E-state index contributed by atoms with van der Waals surface area (Å²) in [6.45, 7) is 2.04. The first-order valence-corrected chi connectivity index (χ1v) is 6.78. The molecule has 0 saturated carbocycles. The van der Waals surface area contributed by atoms with Gasteiger partial charge in [-0.2, -0.15) is 0 Å². The molecular weight excluding hydrogens is 335 g/mol. The SMILES string of the molecule is Cc1ccccc1C=CC(=O)c1ccc(I)cc1. The molecule has 0 unspecified atom stereocenters. The summed E-state index contributed by atoms with van der Waals surface area (Å²) in [4.78, 5) is 12.0. The highest BCUT2D eigenvalue weighted by Gasteiger charge is 2.01. The third-order valence-corrected chi connectivity index (χ3v) is 3.45. The first-order valence-electron chi connectivity index (χ1n) is 5.70. The zero-order valence-corrected chi connectivity index (χ0v) is 12.2. The Bertz CT molecular complexity index is 582. The van der Waals surface area contributed by atoms with Crippen molar-refractivity contribution in [1.29, 1.82) is 0 Å². The van der Waals surface area contributed by atoms with Crippen LogP contribution in [0.25, 0.3) is 6.08 Å². The van der Waals surface area contributed by atoms with E-state index in [4.69, 9.17) is 0 Å². The smallest absolute Gasteiger partial charge is 0.185 e. The van der Waals surface area contributed by atoms with Gasteiger partial charge in [0.2, 0.25) is 0 Å². The molecule has 0 aromatic heterocycles. The number of benzene rings is 2. The molecule has 0 amide bonds. The van der Waals surface area contributed by atoms with Gasteiger partial charge in [-0.25, -0.2) is 0 Å². The van der Waals surface area contributed by atoms with Crippen molar-refractivity contribution >= 4 is 34.5 Å². The van der Waals surface area contributed by atoms with Crippen LogP contribution >= 0.6 is 22.6 Å². The Morgan fingerprint density at radius 3 is 2.39 bits per heavy atom. The summed E-state index contributed by atoms with van der Waals surface area (Å²) in [7, 11) is 0. The van der Waals surface area contributed by atoms with E-state index in [1.54, 1.807) is 6.08 Å². The number of ketones is 1. The third kappa shape index (κ3) is 3.29. The van der Waals surface area contributed by atoms with Gasteiger partial charge in [-0.05, 0) is 58.9 Å². The van der Waals surface area contributed by atoms with E-state index in [0.29, 0.717) is 0 Å². The van der Waals surface area contributed by atoms with Crippen molar-refractivity contribution in [3.05, 3.63) is 74.9 Å². The zero-order chi connectivity index (χ0) is 13.0. The number of carbonyl (C=O) groups excluding carboxylic acids is 1. The van der Waals surface area contributed by atoms with Crippen LogP contribution in [0.3, 0.4) is 0 Å². The molecule has 0 fully saturated rings. The van der Waals surface area contributed by atoms with Crippen molar-refractivity contribution < 1.29 is 4.79 Å². The highest BCUT2D eigenvalue weighted by molar-refractivity contribution is 14.1. The number of hydrogen-bond donors (Lipinski definition) is 0. The molecule has 0 heterocycles. The van der Waals surface area contributed by atoms with Crippen molar-refractivity contribution in [2.45, 2.75) is 6.92 Å². The van der Waals surface area contributed by atoms with Gasteiger partial charge in [0.25, 0.3) is 0 Å². The van der Waals surface area contributed by atoms with E-state index in [1.165, 1.54) is 5.56 Å². The van der Waals surface area contributed by atoms with Gasteiger partial charge < -0.3 is 0 Å². The lowest BCUT2D eigenvalue weighted by molar-refractivity contribution is 0.104. The fraction of sp³-hybridized carbons (Fsp3) is 0.0625. The standard InChI is InChI=1S/C16H13IO/c1-12-4-2-3-5-13(12)8-11-16(18)14-6-9-15(17)10-7-14/h2-11H,1H3. The van der Waals surface area contributed by atoms with Crippen LogP contribution in [0, 0.1) is 10.5 Å². The highest BCUT2D eigenvalue weighted by Crippen LogP contribution is 2.11. The topological polar surface area (TPSA) is 17.1 Å². The maximum atomic E-state index is 12.0. The molecule has 0 N–H and O–H groups in total. The fourth-order valence-electron chi connectivity index (χ4n) is 1.65.